The van der Waals surface area contributed by atoms with E-state index in [-0.39, 0.29) is 5.91 Å². The van der Waals surface area contributed by atoms with Gasteiger partial charge in [0.05, 0.1) is 17.5 Å². The standard InChI is InChI=1S/C19H20N4OS/c1-3-9-20-18(24)16-8-10-25-19(16)21-11-15-12-22-23-17(15)14-6-4-13(2)5-7-14/h4-8,10-12H,3,9H2,1-2H3,(H,20,24)(H,22,23)/b21-11+. The van der Waals surface area contributed by atoms with Crippen molar-refractivity contribution < 1.29 is 4.79 Å². The number of aryl methyl sites for hydroxylation is 1. The van der Waals surface area contributed by atoms with E-state index >= 15 is 0 Å². The maximum atomic E-state index is 12.2. The van der Waals surface area contributed by atoms with E-state index in [9.17, 15) is 4.79 Å². The van der Waals surface area contributed by atoms with Gasteiger partial charge >= 0.3 is 0 Å². The van der Waals surface area contributed by atoms with E-state index in [1.54, 1.807) is 18.5 Å². The van der Waals surface area contributed by atoms with Crippen LogP contribution in [0, 0.1) is 6.92 Å². The Hall–Kier alpha value is -2.73. The minimum atomic E-state index is -0.0822. The Labute approximate surface area is 150 Å². The van der Waals surface area contributed by atoms with Gasteiger partial charge in [-0.1, -0.05) is 36.8 Å². The molecule has 0 spiro atoms. The monoisotopic (exact) mass is 352 g/mol. The molecule has 1 amide bonds. The summed E-state index contributed by atoms with van der Waals surface area (Å²) in [6.07, 6.45) is 4.40. The molecule has 0 unspecified atom stereocenters. The van der Waals surface area contributed by atoms with Gasteiger partial charge < -0.3 is 5.32 Å². The average Bonchev–Trinajstić information content (AvgIpc) is 3.27. The van der Waals surface area contributed by atoms with E-state index < -0.39 is 0 Å². The zero-order valence-corrected chi connectivity index (χ0v) is 15.1. The second-order valence-corrected chi connectivity index (χ2v) is 6.61. The highest BCUT2D eigenvalue weighted by atomic mass is 32.1. The first-order valence-corrected chi connectivity index (χ1v) is 9.07. The number of aromatic nitrogens is 2. The van der Waals surface area contributed by atoms with Crippen LogP contribution in [0.5, 0.6) is 0 Å². The van der Waals surface area contributed by atoms with Crippen LogP contribution in [-0.4, -0.2) is 28.9 Å². The summed E-state index contributed by atoms with van der Waals surface area (Å²) in [5.74, 6) is -0.0822. The third-order valence-corrected chi connectivity index (χ3v) is 4.58. The number of benzene rings is 1. The van der Waals surface area contributed by atoms with Crippen LogP contribution in [0.3, 0.4) is 0 Å². The molecule has 0 aliphatic rings. The number of hydrogen-bond acceptors (Lipinski definition) is 4. The topological polar surface area (TPSA) is 70.1 Å². The molecule has 2 heterocycles. The molecule has 6 heteroatoms. The van der Waals surface area contributed by atoms with Crippen LogP contribution in [0.15, 0.2) is 46.9 Å². The van der Waals surface area contributed by atoms with Crippen molar-refractivity contribution in [3.05, 3.63) is 58.6 Å². The predicted octanol–water partition coefficient (Wildman–Crippen LogP) is 4.34. The van der Waals surface area contributed by atoms with Crippen molar-refractivity contribution in [1.29, 1.82) is 0 Å². The number of aromatic amines is 1. The minimum absolute atomic E-state index is 0.0822. The van der Waals surface area contributed by atoms with E-state index in [0.29, 0.717) is 17.1 Å². The third kappa shape index (κ3) is 4.03. The van der Waals surface area contributed by atoms with E-state index in [0.717, 1.165) is 23.2 Å². The maximum Gasteiger partial charge on any atom is 0.254 e. The molecule has 0 radical (unpaired) electrons. The van der Waals surface area contributed by atoms with Crippen molar-refractivity contribution in [3.63, 3.8) is 0 Å². The Balaban J connectivity index is 1.83. The molecule has 1 aromatic carbocycles. The third-order valence-electron chi connectivity index (χ3n) is 3.75. The molecule has 25 heavy (non-hydrogen) atoms. The summed E-state index contributed by atoms with van der Waals surface area (Å²) in [7, 11) is 0. The predicted molar refractivity (Wildman–Crippen MR) is 103 cm³/mol. The smallest absolute Gasteiger partial charge is 0.254 e. The Morgan fingerprint density at radius 1 is 1.32 bits per heavy atom. The molecule has 0 atom stereocenters. The molecule has 0 bridgehead atoms. The van der Waals surface area contributed by atoms with Crippen LogP contribution in [0.1, 0.15) is 34.8 Å². The van der Waals surface area contributed by atoms with E-state index in [2.05, 4.69) is 51.7 Å². The molecule has 0 fully saturated rings. The van der Waals surface area contributed by atoms with Crippen molar-refractivity contribution in [1.82, 2.24) is 15.5 Å². The number of aliphatic imine (C=N–C) groups is 1. The van der Waals surface area contributed by atoms with Gasteiger partial charge in [0.25, 0.3) is 5.91 Å². The quantitative estimate of drug-likeness (QED) is 0.648. The summed E-state index contributed by atoms with van der Waals surface area (Å²) in [5, 5.41) is 12.6. The van der Waals surface area contributed by atoms with E-state index in [1.807, 2.05) is 12.3 Å². The molecule has 3 rings (SSSR count). The zero-order chi connectivity index (χ0) is 17.6. The molecule has 3 aromatic rings. The second kappa shape index (κ2) is 7.90. The van der Waals surface area contributed by atoms with Gasteiger partial charge in [-0.2, -0.15) is 5.10 Å². The molecule has 0 saturated heterocycles. The van der Waals surface area contributed by atoms with Gasteiger partial charge in [0.1, 0.15) is 5.00 Å². The first-order valence-electron chi connectivity index (χ1n) is 8.19. The molecular weight excluding hydrogens is 332 g/mol. The van der Waals surface area contributed by atoms with Crippen LogP contribution in [-0.2, 0) is 0 Å². The summed E-state index contributed by atoms with van der Waals surface area (Å²) >= 11 is 1.45. The SMILES string of the molecule is CCCNC(=O)c1ccsc1/N=C/c1cn[nH]c1-c1ccc(C)cc1. The fraction of sp³-hybridized carbons (Fsp3) is 0.211. The zero-order valence-electron chi connectivity index (χ0n) is 14.2. The first-order chi connectivity index (χ1) is 12.2. The van der Waals surface area contributed by atoms with Crippen molar-refractivity contribution in [2.45, 2.75) is 20.3 Å². The maximum absolute atomic E-state index is 12.2. The normalized spacial score (nSPS) is 11.1. The largest absolute Gasteiger partial charge is 0.352 e. The lowest BCUT2D eigenvalue weighted by Crippen LogP contribution is -2.23. The van der Waals surface area contributed by atoms with Crippen molar-refractivity contribution >= 4 is 28.5 Å². The molecule has 128 valence electrons. The molecule has 0 saturated carbocycles. The van der Waals surface area contributed by atoms with Crippen LogP contribution in [0.2, 0.25) is 0 Å². The van der Waals surface area contributed by atoms with Gasteiger partial charge in [-0.25, -0.2) is 4.99 Å². The number of hydrogen-bond donors (Lipinski definition) is 2. The lowest BCUT2D eigenvalue weighted by Gasteiger charge is -2.02. The molecular formula is C19H20N4OS. The lowest BCUT2D eigenvalue weighted by atomic mass is 10.1. The molecule has 2 N–H and O–H groups in total. The van der Waals surface area contributed by atoms with Crippen LogP contribution in [0.25, 0.3) is 11.3 Å². The Morgan fingerprint density at radius 3 is 2.88 bits per heavy atom. The van der Waals surface area contributed by atoms with Crippen molar-refractivity contribution in [2.24, 2.45) is 4.99 Å². The highest BCUT2D eigenvalue weighted by Crippen LogP contribution is 2.27. The van der Waals surface area contributed by atoms with Crippen LogP contribution < -0.4 is 5.32 Å². The van der Waals surface area contributed by atoms with Gasteiger partial charge in [-0.3, -0.25) is 9.89 Å². The summed E-state index contributed by atoms with van der Waals surface area (Å²) in [6.45, 7) is 4.75. The van der Waals surface area contributed by atoms with Gasteiger partial charge in [0.2, 0.25) is 0 Å². The summed E-state index contributed by atoms with van der Waals surface area (Å²) < 4.78 is 0. The van der Waals surface area contributed by atoms with Gasteiger partial charge in [0.15, 0.2) is 0 Å². The Bertz CT molecular complexity index is 877. The fourth-order valence-electron chi connectivity index (χ4n) is 2.38. The minimum Gasteiger partial charge on any atom is -0.352 e. The lowest BCUT2D eigenvalue weighted by molar-refractivity contribution is 0.0955. The average molecular weight is 352 g/mol. The van der Waals surface area contributed by atoms with Crippen LogP contribution >= 0.6 is 11.3 Å². The molecule has 0 aliphatic carbocycles. The van der Waals surface area contributed by atoms with Crippen LogP contribution in [0.4, 0.5) is 5.00 Å². The van der Waals surface area contributed by atoms with Gasteiger partial charge in [-0.05, 0) is 24.8 Å². The Kier molecular flexibility index (Phi) is 5.40. The number of thiophene rings is 1. The van der Waals surface area contributed by atoms with E-state index in [4.69, 9.17) is 0 Å². The molecule has 2 aromatic heterocycles. The number of H-pyrrole nitrogens is 1. The highest BCUT2D eigenvalue weighted by Gasteiger charge is 2.12. The molecule has 5 nitrogen and oxygen atoms in total. The van der Waals surface area contributed by atoms with Crippen molar-refractivity contribution in [2.75, 3.05) is 6.54 Å². The molecule has 0 aliphatic heterocycles. The number of nitrogens with zero attached hydrogens (tertiary/aromatic N) is 2. The second-order valence-electron chi connectivity index (χ2n) is 5.72. The Morgan fingerprint density at radius 2 is 2.12 bits per heavy atom. The van der Waals surface area contributed by atoms with E-state index in [1.165, 1.54) is 16.9 Å². The number of carbonyl (C=O) groups is 1. The summed E-state index contributed by atoms with van der Waals surface area (Å²) in [5.41, 5.74) is 4.67. The fourth-order valence-corrected chi connectivity index (χ4v) is 3.12. The van der Waals surface area contributed by atoms with Crippen molar-refractivity contribution in [3.8, 4) is 11.3 Å². The highest BCUT2D eigenvalue weighted by molar-refractivity contribution is 7.14. The summed E-state index contributed by atoms with van der Waals surface area (Å²) in [4.78, 5) is 16.7. The summed E-state index contributed by atoms with van der Waals surface area (Å²) in [6, 6.07) is 10.0. The number of carbonyl (C=O) groups excluding carboxylic acids is 1. The first kappa shape index (κ1) is 17.1. The number of rotatable bonds is 6. The van der Waals surface area contributed by atoms with Gasteiger partial charge in [0, 0.05) is 23.9 Å². The number of nitrogens with one attached hydrogen (secondary N) is 2. The van der Waals surface area contributed by atoms with Gasteiger partial charge in [-0.15, -0.1) is 11.3 Å². The number of amides is 1.